The standard InChI is InChI=1S/C20H32O2/c1-12-11-20(3)13(10-17(12)21)4-5-14-15-6-7-18(22)19(15,2)9-8-16(14)20/h12-16,18,22H,4-11H2,1-3H3/t12-,13+,14+,15+,16+,18?,19-,20+/m1/s1. The molecule has 0 aromatic rings. The van der Waals surface area contributed by atoms with Gasteiger partial charge in [0.15, 0.2) is 0 Å². The molecule has 1 N–H and O–H groups in total. The Morgan fingerprint density at radius 1 is 1.00 bits per heavy atom. The van der Waals surface area contributed by atoms with Gasteiger partial charge in [-0.1, -0.05) is 20.8 Å². The number of carbonyl (C=O) groups is 1. The van der Waals surface area contributed by atoms with Crippen LogP contribution < -0.4 is 0 Å². The molecule has 124 valence electrons. The van der Waals surface area contributed by atoms with Crippen molar-refractivity contribution in [3.05, 3.63) is 0 Å². The van der Waals surface area contributed by atoms with Crippen molar-refractivity contribution < 1.29 is 9.90 Å². The topological polar surface area (TPSA) is 37.3 Å². The van der Waals surface area contributed by atoms with Gasteiger partial charge in [-0.25, -0.2) is 0 Å². The summed E-state index contributed by atoms with van der Waals surface area (Å²) in [5.74, 6) is 3.74. The number of hydrogen-bond donors (Lipinski definition) is 1. The van der Waals surface area contributed by atoms with Crippen LogP contribution >= 0.6 is 0 Å². The number of rotatable bonds is 0. The maximum absolute atomic E-state index is 12.2. The third-order valence-electron chi connectivity index (χ3n) is 8.76. The lowest BCUT2D eigenvalue weighted by Crippen LogP contribution is -2.55. The average Bonchev–Trinajstić information content (AvgIpc) is 2.77. The second-order valence-corrected chi connectivity index (χ2v) is 9.57. The van der Waals surface area contributed by atoms with Gasteiger partial charge in [0.1, 0.15) is 5.78 Å². The molecule has 4 saturated carbocycles. The first-order valence-corrected chi connectivity index (χ1v) is 9.57. The molecule has 4 rings (SSSR count). The zero-order valence-corrected chi connectivity index (χ0v) is 14.5. The van der Waals surface area contributed by atoms with Crippen molar-refractivity contribution in [2.75, 3.05) is 0 Å². The van der Waals surface area contributed by atoms with Crippen molar-refractivity contribution in [3.8, 4) is 0 Å². The summed E-state index contributed by atoms with van der Waals surface area (Å²) in [5.41, 5.74) is 0.561. The van der Waals surface area contributed by atoms with Gasteiger partial charge in [0, 0.05) is 12.3 Å². The van der Waals surface area contributed by atoms with Crippen molar-refractivity contribution in [2.24, 2.45) is 40.4 Å². The van der Waals surface area contributed by atoms with Crippen LogP contribution in [0.15, 0.2) is 0 Å². The molecular formula is C20H32O2. The van der Waals surface area contributed by atoms with E-state index in [9.17, 15) is 9.90 Å². The number of carbonyl (C=O) groups excluding carboxylic acids is 1. The molecule has 0 amide bonds. The van der Waals surface area contributed by atoms with Crippen LogP contribution in [0.2, 0.25) is 0 Å². The van der Waals surface area contributed by atoms with Gasteiger partial charge >= 0.3 is 0 Å². The largest absolute Gasteiger partial charge is 0.393 e. The Labute approximate surface area is 135 Å². The minimum absolute atomic E-state index is 0.0733. The third-order valence-corrected chi connectivity index (χ3v) is 8.76. The quantitative estimate of drug-likeness (QED) is 0.728. The van der Waals surface area contributed by atoms with Crippen LogP contribution in [0.25, 0.3) is 0 Å². The van der Waals surface area contributed by atoms with Crippen LogP contribution in [0.4, 0.5) is 0 Å². The summed E-state index contributed by atoms with van der Waals surface area (Å²) in [6, 6.07) is 0. The second kappa shape index (κ2) is 4.82. The summed E-state index contributed by atoms with van der Waals surface area (Å²) in [5, 5.41) is 10.5. The fourth-order valence-electron chi connectivity index (χ4n) is 7.38. The summed E-state index contributed by atoms with van der Waals surface area (Å²) < 4.78 is 0. The van der Waals surface area contributed by atoms with Gasteiger partial charge in [-0.05, 0) is 79.4 Å². The monoisotopic (exact) mass is 304 g/mol. The molecule has 22 heavy (non-hydrogen) atoms. The Bertz CT molecular complexity index is 486. The molecule has 4 fully saturated rings. The zero-order valence-electron chi connectivity index (χ0n) is 14.5. The van der Waals surface area contributed by atoms with Gasteiger partial charge in [0.05, 0.1) is 6.10 Å². The van der Waals surface area contributed by atoms with Gasteiger partial charge in [-0.2, -0.15) is 0 Å². The van der Waals surface area contributed by atoms with E-state index in [2.05, 4.69) is 20.8 Å². The summed E-state index contributed by atoms with van der Waals surface area (Å²) in [7, 11) is 0. The molecule has 0 radical (unpaired) electrons. The molecule has 8 atom stereocenters. The lowest BCUT2D eigenvalue weighted by molar-refractivity contribution is -0.148. The summed E-state index contributed by atoms with van der Waals surface area (Å²) >= 11 is 0. The fraction of sp³-hybridized carbons (Fsp3) is 0.950. The van der Waals surface area contributed by atoms with E-state index in [0.29, 0.717) is 17.1 Å². The van der Waals surface area contributed by atoms with Crippen molar-refractivity contribution in [2.45, 2.75) is 78.2 Å². The Kier molecular flexibility index (Phi) is 3.32. The van der Waals surface area contributed by atoms with E-state index in [1.54, 1.807) is 0 Å². The highest BCUT2D eigenvalue weighted by Gasteiger charge is 2.60. The number of aliphatic hydroxyl groups is 1. The van der Waals surface area contributed by atoms with Gasteiger partial charge < -0.3 is 5.11 Å². The first kappa shape index (κ1) is 15.2. The lowest BCUT2D eigenvalue weighted by atomic mass is 9.44. The van der Waals surface area contributed by atoms with Crippen molar-refractivity contribution in [1.82, 2.24) is 0 Å². The molecule has 4 aliphatic rings. The van der Waals surface area contributed by atoms with E-state index >= 15 is 0 Å². The normalized spacial score (nSPS) is 57.9. The molecule has 0 aromatic heterocycles. The highest BCUT2D eigenvalue weighted by Crippen LogP contribution is 2.66. The predicted octanol–water partition coefficient (Wildman–Crippen LogP) is 4.21. The van der Waals surface area contributed by atoms with E-state index in [1.807, 2.05) is 0 Å². The first-order chi connectivity index (χ1) is 10.4. The molecule has 0 bridgehead atoms. The number of hydrogen-bond acceptors (Lipinski definition) is 2. The minimum Gasteiger partial charge on any atom is -0.393 e. The third kappa shape index (κ3) is 1.85. The van der Waals surface area contributed by atoms with Crippen LogP contribution in [-0.2, 0) is 4.79 Å². The maximum Gasteiger partial charge on any atom is 0.136 e. The minimum atomic E-state index is -0.0733. The number of aliphatic hydroxyl groups excluding tert-OH is 1. The molecule has 0 aromatic carbocycles. The zero-order chi connectivity index (χ0) is 15.7. The molecular weight excluding hydrogens is 272 g/mol. The highest BCUT2D eigenvalue weighted by atomic mass is 16.3. The molecule has 4 aliphatic carbocycles. The van der Waals surface area contributed by atoms with Gasteiger partial charge in [0.2, 0.25) is 0 Å². The van der Waals surface area contributed by atoms with E-state index in [1.165, 1.54) is 32.1 Å². The SMILES string of the molecule is C[C@@H]1C[C@@]2(C)[C@@H](CC[C@@H]3[C@@H]2CC[C@@]2(C)C(O)CC[C@@H]32)CC1=O. The van der Waals surface area contributed by atoms with E-state index in [-0.39, 0.29) is 17.4 Å². The average molecular weight is 304 g/mol. The Morgan fingerprint density at radius 3 is 2.50 bits per heavy atom. The molecule has 2 nitrogen and oxygen atoms in total. The van der Waals surface area contributed by atoms with Crippen LogP contribution in [0.1, 0.15) is 72.1 Å². The van der Waals surface area contributed by atoms with Gasteiger partial charge in [0.25, 0.3) is 0 Å². The summed E-state index contributed by atoms with van der Waals surface area (Å²) in [6.07, 6.45) is 9.16. The van der Waals surface area contributed by atoms with Crippen LogP contribution in [0, 0.1) is 40.4 Å². The fourth-order valence-corrected chi connectivity index (χ4v) is 7.38. The molecule has 0 saturated heterocycles. The number of fused-ring (bicyclic) bond motifs is 5. The van der Waals surface area contributed by atoms with Crippen molar-refractivity contribution in [1.29, 1.82) is 0 Å². The molecule has 0 heterocycles. The summed E-state index contributed by atoms with van der Waals surface area (Å²) in [4.78, 5) is 12.2. The van der Waals surface area contributed by atoms with E-state index in [4.69, 9.17) is 0 Å². The van der Waals surface area contributed by atoms with Gasteiger partial charge in [-0.3, -0.25) is 4.79 Å². The Balaban J connectivity index is 1.65. The Morgan fingerprint density at radius 2 is 1.73 bits per heavy atom. The molecule has 1 unspecified atom stereocenters. The number of Topliss-reactive ketones (excluding diaryl/α,β-unsaturated/α-hetero) is 1. The van der Waals surface area contributed by atoms with Crippen molar-refractivity contribution in [3.63, 3.8) is 0 Å². The number of ketones is 1. The van der Waals surface area contributed by atoms with Crippen molar-refractivity contribution >= 4 is 5.78 Å². The summed E-state index contributed by atoms with van der Waals surface area (Å²) in [6.45, 7) is 7.01. The smallest absolute Gasteiger partial charge is 0.136 e. The van der Waals surface area contributed by atoms with Gasteiger partial charge in [-0.15, -0.1) is 0 Å². The molecule has 0 spiro atoms. The van der Waals surface area contributed by atoms with Crippen LogP contribution in [-0.4, -0.2) is 17.0 Å². The second-order valence-electron chi connectivity index (χ2n) is 9.57. The Hall–Kier alpha value is -0.370. The first-order valence-electron chi connectivity index (χ1n) is 9.57. The van der Waals surface area contributed by atoms with E-state index in [0.717, 1.165) is 37.0 Å². The highest BCUT2D eigenvalue weighted by molar-refractivity contribution is 5.82. The van der Waals surface area contributed by atoms with Crippen LogP contribution in [0.5, 0.6) is 0 Å². The van der Waals surface area contributed by atoms with E-state index < -0.39 is 0 Å². The molecule has 0 aliphatic heterocycles. The lowest BCUT2D eigenvalue weighted by Gasteiger charge is -2.60. The molecule has 2 heteroatoms. The predicted molar refractivity (Wildman–Crippen MR) is 87.3 cm³/mol. The van der Waals surface area contributed by atoms with Crippen LogP contribution in [0.3, 0.4) is 0 Å². The maximum atomic E-state index is 12.2.